The molecule has 0 saturated heterocycles. The highest BCUT2D eigenvalue weighted by molar-refractivity contribution is 7.98. The maximum Gasteiger partial charge on any atom is 0.157 e. The third kappa shape index (κ3) is 4.09. The maximum atomic E-state index is 6.11. The number of hydrogen-bond donors (Lipinski definition) is 1. The summed E-state index contributed by atoms with van der Waals surface area (Å²) in [6.07, 6.45) is 0. The second kappa shape index (κ2) is 6.75. The van der Waals surface area contributed by atoms with Crippen molar-refractivity contribution in [2.75, 3.05) is 12.8 Å². The van der Waals surface area contributed by atoms with Gasteiger partial charge in [0.1, 0.15) is 17.5 Å². The lowest BCUT2D eigenvalue weighted by atomic mass is 10.2. The van der Waals surface area contributed by atoms with E-state index in [0.717, 1.165) is 21.4 Å². The number of benzene rings is 1. The molecule has 0 aliphatic carbocycles. The van der Waals surface area contributed by atoms with Crippen molar-refractivity contribution in [2.45, 2.75) is 17.4 Å². The molecule has 0 fully saturated rings. The Morgan fingerprint density at radius 1 is 1.32 bits per heavy atom. The molecule has 1 heterocycles. The van der Waals surface area contributed by atoms with Crippen molar-refractivity contribution in [3.8, 4) is 0 Å². The molecule has 2 N–H and O–H groups in total. The van der Waals surface area contributed by atoms with Crippen LogP contribution in [-0.2, 0) is 17.1 Å². The zero-order valence-corrected chi connectivity index (χ0v) is 12.0. The number of aromatic nitrogens is 2. The van der Waals surface area contributed by atoms with Gasteiger partial charge < -0.3 is 10.5 Å². The zero-order chi connectivity index (χ0) is 13.7. The molecular formula is C13H14ClN3OS. The fourth-order valence-electron chi connectivity index (χ4n) is 1.53. The summed E-state index contributed by atoms with van der Waals surface area (Å²) in [5.41, 5.74) is 6.81. The van der Waals surface area contributed by atoms with E-state index in [1.54, 1.807) is 24.9 Å². The number of thioether (sulfide) groups is 1. The van der Waals surface area contributed by atoms with Crippen molar-refractivity contribution in [1.29, 1.82) is 0 Å². The molecule has 1 aromatic carbocycles. The van der Waals surface area contributed by atoms with Crippen molar-refractivity contribution in [1.82, 2.24) is 9.97 Å². The topological polar surface area (TPSA) is 61.0 Å². The van der Waals surface area contributed by atoms with E-state index in [1.165, 1.54) is 0 Å². The van der Waals surface area contributed by atoms with Gasteiger partial charge in [0.05, 0.1) is 0 Å². The summed E-state index contributed by atoms with van der Waals surface area (Å²) in [6, 6.07) is 9.50. The van der Waals surface area contributed by atoms with Crippen molar-refractivity contribution in [3.63, 3.8) is 0 Å². The number of nitrogens with two attached hydrogens (primary N) is 1. The molecule has 2 rings (SSSR count). The number of anilines is 1. The minimum Gasteiger partial charge on any atom is -0.384 e. The van der Waals surface area contributed by atoms with E-state index in [2.05, 4.69) is 9.97 Å². The molecule has 1 aromatic heterocycles. The first-order valence-corrected chi connectivity index (χ1v) is 7.04. The molecule has 0 bridgehead atoms. The molecule has 0 atom stereocenters. The van der Waals surface area contributed by atoms with Gasteiger partial charge in [-0.05, 0) is 11.6 Å². The van der Waals surface area contributed by atoms with Crippen LogP contribution in [0, 0.1) is 0 Å². The lowest BCUT2D eigenvalue weighted by Gasteiger charge is -2.06. The second-order valence-corrected chi connectivity index (χ2v) is 5.26. The van der Waals surface area contributed by atoms with Crippen LogP contribution < -0.4 is 5.73 Å². The maximum absolute atomic E-state index is 6.11. The number of hydrogen-bond acceptors (Lipinski definition) is 5. The van der Waals surface area contributed by atoms with Crippen LogP contribution in [-0.4, -0.2) is 17.1 Å². The van der Waals surface area contributed by atoms with Gasteiger partial charge >= 0.3 is 0 Å². The summed E-state index contributed by atoms with van der Waals surface area (Å²) in [7, 11) is 1.60. The van der Waals surface area contributed by atoms with Crippen molar-refractivity contribution < 1.29 is 4.74 Å². The molecule has 19 heavy (non-hydrogen) atoms. The van der Waals surface area contributed by atoms with Crippen molar-refractivity contribution in [3.05, 3.63) is 46.7 Å². The Morgan fingerprint density at radius 3 is 2.84 bits per heavy atom. The third-order valence-corrected chi connectivity index (χ3v) is 3.70. The normalized spacial score (nSPS) is 10.6. The standard InChI is InChI=1S/C13H14ClN3OS/c1-18-7-12-16-11(15)6-13(17-12)19-8-9-4-2-3-5-10(9)14/h2-6H,7-8H2,1H3,(H2,15,16,17). The number of nitrogen functional groups attached to an aromatic ring is 1. The number of rotatable bonds is 5. The molecule has 0 aliphatic rings. The SMILES string of the molecule is COCc1nc(N)cc(SCc2ccccc2Cl)n1. The fraction of sp³-hybridized carbons (Fsp3) is 0.231. The van der Waals surface area contributed by atoms with Crippen LogP contribution in [0.15, 0.2) is 35.4 Å². The van der Waals surface area contributed by atoms with Gasteiger partial charge in [-0.1, -0.05) is 29.8 Å². The molecular weight excluding hydrogens is 282 g/mol. The van der Waals surface area contributed by atoms with E-state index >= 15 is 0 Å². The number of halogens is 1. The van der Waals surface area contributed by atoms with Crippen LogP contribution in [0.3, 0.4) is 0 Å². The molecule has 0 unspecified atom stereocenters. The smallest absolute Gasteiger partial charge is 0.157 e. The second-order valence-electron chi connectivity index (χ2n) is 3.86. The summed E-state index contributed by atoms with van der Waals surface area (Å²) >= 11 is 7.68. The first-order chi connectivity index (χ1) is 9.19. The van der Waals surface area contributed by atoms with E-state index < -0.39 is 0 Å². The van der Waals surface area contributed by atoms with E-state index in [9.17, 15) is 0 Å². The lowest BCUT2D eigenvalue weighted by Crippen LogP contribution is -2.02. The van der Waals surface area contributed by atoms with Crippen molar-refractivity contribution in [2.24, 2.45) is 0 Å². The predicted molar refractivity (Wildman–Crippen MR) is 78.2 cm³/mol. The Balaban J connectivity index is 2.09. The Hall–Kier alpha value is -1.30. The van der Waals surface area contributed by atoms with Crippen LogP contribution in [0.2, 0.25) is 5.02 Å². The monoisotopic (exact) mass is 295 g/mol. The number of ether oxygens (including phenoxy) is 1. The number of nitrogens with zero attached hydrogens (tertiary/aromatic N) is 2. The van der Waals surface area contributed by atoms with Gasteiger partial charge in [0.2, 0.25) is 0 Å². The average molecular weight is 296 g/mol. The first kappa shape index (κ1) is 14.1. The Labute approximate surface area is 121 Å². The average Bonchev–Trinajstić information content (AvgIpc) is 2.37. The summed E-state index contributed by atoms with van der Waals surface area (Å²) in [5.74, 6) is 1.77. The van der Waals surface area contributed by atoms with Gasteiger partial charge in [0, 0.05) is 24.0 Å². The minimum atomic E-state index is 0.352. The van der Waals surface area contributed by atoms with Gasteiger partial charge in [-0.2, -0.15) is 0 Å². The summed E-state index contributed by atoms with van der Waals surface area (Å²) in [6.45, 7) is 0.352. The van der Waals surface area contributed by atoms with Crippen LogP contribution in [0.5, 0.6) is 0 Å². The van der Waals surface area contributed by atoms with Crippen LogP contribution in [0.4, 0.5) is 5.82 Å². The highest BCUT2D eigenvalue weighted by atomic mass is 35.5. The Kier molecular flexibility index (Phi) is 5.01. The molecule has 0 amide bonds. The van der Waals surface area contributed by atoms with Gasteiger partial charge in [-0.3, -0.25) is 0 Å². The predicted octanol–water partition coefficient (Wildman–Crippen LogP) is 3.15. The quantitative estimate of drug-likeness (QED) is 0.678. The van der Waals surface area contributed by atoms with Gasteiger partial charge in [0.25, 0.3) is 0 Å². The molecule has 2 aromatic rings. The Bertz CT molecular complexity index is 565. The minimum absolute atomic E-state index is 0.352. The summed E-state index contributed by atoms with van der Waals surface area (Å²) in [4.78, 5) is 8.47. The molecule has 100 valence electrons. The molecule has 0 aliphatic heterocycles. The van der Waals surface area contributed by atoms with Crippen LogP contribution in [0.1, 0.15) is 11.4 Å². The van der Waals surface area contributed by atoms with Gasteiger partial charge in [-0.25, -0.2) is 9.97 Å². The van der Waals surface area contributed by atoms with Gasteiger partial charge in [-0.15, -0.1) is 11.8 Å². The zero-order valence-electron chi connectivity index (χ0n) is 10.5. The lowest BCUT2D eigenvalue weighted by molar-refractivity contribution is 0.177. The van der Waals surface area contributed by atoms with Gasteiger partial charge in [0.15, 0.2) is 5.82 Å². The first-order valence-electron chi connectivity index (χ1n) is 5.67. The fourth-order valence-corrected chi connectivity index (χ4v) is 2.74. The molecule has 6 heteroatoms. The van der Waals surface area contributed by atoms with Crippen LogP contribution in [0.25, 0.3) is 0 Å². The van der Waals surface area contributed by atoms with E-state index in [0.29, 0.717) is 18.2 Å². The molecule has 0 radical (unpaired) electrons. The van der Waals surface area contributed by atoms with E-state index in [-0.39, 0.29) is 0 Å². The van der Waals surface area contributed by atoms with Crippen LogP contribution >= 0.6 is 23.4 Å². The molecule has 0 saturated carbocycles. The number of methoxy groups -OCH3 is 1. The summed E-state index contributed by atoms with van der Waals surface area (Å²) < 4.78 is 5.01. The highest BCUT2D eigenvalue weighted by Crippen LogP contribution is 2.26. The molecule has 0 spiro atoms. The van der Waals surface area contributed by atoms with E-state index in [1.807, 2.05) is 24.3 Å². The highest BCUT2D eigenvalue weighted by Gasteiger charge is 2.05. The summed E-state index contributed by atoms with van der Waals surface area (Å²) in [5, 5.41) is 1.58. The van der Waals surface area contributed by atoms with Crippen molar-refractivity contribution >= 4 is 29.2 Å². The van der Waals surface area contributed by atoms with E-state index in [4.69, 9.17) is 22.1 Å². The largest absolute Gasteiger partial charge is 0.384 e. The Morgan fingerprint density at radius 2 is 2.11 bits per heavy atom. The third-order valence-electron chi connectivity index (χ3n) is 2.38. The molecule has 4 nitrogen and oxygen atoms in total.